The molecule has 0 radical (unpaired) electrons. The van der Waals surface area contributed by atoms with Crippen LogP contribution < -0.4 is 10.2 Å². The number of hydrogen-bond acceptors (Lipinski definition) is 3. The van der Waals surface area contributed by atoms with Gasteiger partial charge in [-0.1, -0.05) is 31.5 Å². The molecule has 0 amide bonds. The van der Waals surface area contributed by atoms with Crippen LogP contribution in [0, 0.1) is 0 Å². The van der Waals surface area contributed by atoms with Crippen LogP contribution in [0.3, 0.4) is 0 Å². The molecule has 1 heterocycles. The molecule has 1 aliphatic heterocycles. The van der Waals surface area contributed by atoms with E-state index in [9.17, 15) is 0 Å². The van der Waals surface area contributed by atoms with Gasteiger partial charge in [-0.25, -0.2) is 0 Å². The third-order valence-electron chi connectivity index (χ3n) is 4.44. The van der Waals surface area contributed by atoms with E-state index in [4.69, 9.17) is 11.6 Å². The summed E-state index contributed by atoms with van der Waals surface area (Å²) in [6, 6.07) is 7.88. The highest BCUT2D eigenvalue weighted by Crippen LogP contribution is 2.31. The zero-order valence-electron chi connectivity index (χ0n) is 13.1. The van der Waals surface area contributed by atoms with Crippen LogP contribution in [0.1, 0.15) is 32.3 Å². The first kappa shape index (κ1) is 15.1. The molecule has 116 valence electrons. The van der Waals surface area contributed by atoms with Crippen molar-refractivity contribution in [3.05, 3.63) is 28.8 Å². The zero-order valence-corrected chi connectivity index (χ0v) is 13.9. The second-order valence-electron chi connectivity index (χ2n) is 6.58. The molecule has 2 aliphatic rings. The van der Waals surface area contributed by atoms with Gasteiger partial charge < -0.3 is 10.2 Å². The van der Waals surface area contributed by atoms with Crippen molar-refractivity contribution in [1.29, 1.82) is 0 Å². The van der Waals surface area contributed by atoms with Gasteiger partial charge in [0.05, 0.1) is 10.7 Å². The molecule has 3 nitrogen and oxygen atoms in total. The molecule has 0 unspecified atom stereocenters. The standard InChI is InChI=1S/C17H26ClN3/c1-13(2)19-12-14-3-6-17(16(18)11-14)21-9-7-20(8-10-21)15-4-5-15/h3,6,11,13,15,19H,4-5,7-10,12H2,1-2H3. The molecule has 21 heavy (non-hydrogen) atoms. The molecule has 1 saturated carbocycles. The van der Waals surface area contributed by atoms with Crippen LogP contribution in [0.25, 0.3) is 0 Å². The quantitative estimate of drug-likeness (QED) is 0.901. The predicted molar refractivity (Wildman–Crippen MR) is 90.2 cm³/mol. The molecule has 0 spiro atoms. The minimum atomic E-state index is 0.499. The third-order valence-corrected chi connectivity index (χ3v) is 4.75. The summed E-state index contributed by atoms with van der Waals surface area (Å²) in [4.78, 5) is 5.06. The number of anilines is 1. The Kier molecular flexibility index (Phi) is 4.72. The fraction of sp³-hybridized carbons (Fsp3) is 0.647. The summed E-state index contributed by atoms with van der Waals surface area (Å²) in [6.07, 6.45) is 2.80. The number of nitrogens with one attached hydrogen (secondary N) is 1. The molecule has 3 rings (SSSR count). The van der Waals surface area contributed by atoms with Gasteiger partial charge in [-0.2, -0.15) is 0 Å². The Morgan fingerprint density at radius 3 is 2.48 bits per heavy atom. The van der Waals surface area contributed by atoms with Gasteiger partial charge in [-0.05, 0) is 30.5 Å². The van der Waals surface area contributed by atoms with Crippen molar-refractivity contribution in [3.8, 4) is 0 Å². The number of rotatable bonds is 5. The highest BCUT2D eigenvalue weighted by atomic mass is 35.5. The van der Waals surface area contributed by atoms with E-state index in [0.29, 0.717) is 6.04 Å². The Balaban J connectivity index is 1.60. The number of hydrogen-bond donors (Lipinski definition) is 1. The molecular weight excluding hydrogens is 282 g/mol. The summed E-state index contributed by atoms with van der Waals surface area (Å²) in [5.41, 5.74) is 2.45. The minimum Gasteiger partial charge on any atom is -0.368 e. The van der Waals surface area contributed by atoms with E-state index in [1.807, 2.05) is 0 Å². The maximum atomic E-state index is 6.51. The van der Waals surface area contributed by atoms with E-state index in [-0.39, 0.29) is 0 Å². The molecule has 1 aromatic carbocycles. The van der Waals surface area contributed by atoms with Crippen molar-refractivity contribution < 1.29 is 0 Å². The van der Waals surface area contributed by atoms with Crippen molar-refractivity contribution in [2.24, 2.45) is 0 Å². The van der Waals surface area contributed by atoms with Crippen LogP contribution in [-0.4, -0.2) is 43.2 Å². The third kappa shape index (κ3) is 3.91. The number of benzene rings is 1. The Labute approximate surface area is 133 Å². The molecule has 1 saturated heterocycles. The van der Waals surface area contributed by atoms with Crippen LogP contribution in [0.4, 0.5) is 5.69 Å². The molecule has 0 bridgehead atoms. The Bertz CT molecular complexity index is 477. The number of halogens is 1. The first-order chi connectivity index (χ1) is 10.1. The molecule has 4 heteroatoms. The largest absolute Gasteiger partial charge is 0.368 e. The normalized spacial score (nSPS) is 20.3. The molecule has 1 aliphatic carbocycles. The fourth-order valence-corrected chi connectivity index (χ4v) is 3.33. The van der Waals surface area contributed by atoms with Gasteiger partial charge in [0, 0.05) is 44.8 Å². The molecular formula is C17H26ClN3. The van der Waals surface area contributed by atoms with E-state index < -0.39 is 0 Å². The first-order valence-corrected chi connectivity index (χ1v) is 8.52. The first-order valence-electron chi connectivity index (χ1n) is 8.14. The van der Waals surface area contributed by atoms with Crippen LogP contribution in [0.15, 0.2) is 18.2 Å². The van der Waals surface area contributed by atoms with Crippen molar-refractivity contribution >= 4 is 17.3 Å². The molecule has 1 N–H and O–H groups in total. The second kappa shape index (κ2) is 6.55. The summed E-state index contributed by atoms with van der Waals surface area (Å²) >= 11 is 6.51. The monoisotopic (exact) mass is 307 g/mol. The van der Waals surface area contributed by atoms with E-state index in [2.05, 4.69) is 47.2 Å². The number of nitrogens with zero attached hydrogens (tertiary/aromatic N) is 2. The van der Waals surface area contributed by atoms with Crippen LogP contribution in [0.5, 0.6) is 0 Å². The maximum absolute atomic E-state index is 6.51. The lowest BCUT2D eigenvalue weighted by Gasteiger charge is -2.36. The summed E-state index contributed by atoms with van der Waals surface area (Å²) < 4.78 is 0. The Hall–Kier alpha value is -0.770. The lowest BCUT2D eigenvalue weighted by molar-refractivity contribution is 0.248. The van der Waals surface area contributed by atoms with Crippen LogP contribution in [-0.2, 0) is 6.54 Å². The van der Waals surface area contributed by atoms with E-state index in [0.717, 1.165) is 30.7 Å². The highest BCUT2D eigenvalue weighted by Gasteiger charge is 2.31. The number of piperazine rings is 1. The SMILES string of the molecule is CC(C)NCc1ccc(N2CCN(C3CC3)CC2)c(Cl)c1. The van der Waals surface area contributed by atoms with Gasteiger partial charge in [0.1, 0.15) is 0 Å². The zero-order chi connectivity index (χ0) is 14.8. The lowest BCUT2D eigenvalue weighted by atomic mass is 10.1. The summed E-state index contributed by atoms with van der Waals surface area (Å²) in [5.74, 6) is 0. The lowest BCUT2D eigenvalue weighted by Crippen LogP contribution is -2.47. The van der Waals surface area contributed by atoms with Crippen molar-refractivity contribution in [2.75, 3.05) is 31.1 Å². The Morgan fingerprint density at radius 2 is 1.90 bits per heavy atom. The van der Waals surface area contributed by atoms with Gasteiger partial charge in [0.15, 0.2) is 0 Å². The van der Waals surface area contributed by atoms with Gasteiger partial charge in [0.2, 0.25) is 0 Å². The van der Waals surface area contributed by atoms with Crippen molar-refractivity contribution in [3.63, 3.8) is 0 Å². The minimum absolute atomic E-state index is 0.499. The van der Waals surface area contributed by atoms with Gasteiger partial charge in [-0.15, -0.1) is 0 Å². The van der Waals surface area contributed by atoms with Gasteiger partial charge >= 0.3 is 0 Å². The molecule has 0 aromatic heterocycles. The average molecular weight is 308 g/mol. The topological polar surface area (TPSA) is 18.5 Å². The summed E-state index contributed by atoms with van der Waals surface area (Å²) in [6.45, 7) is 9.76. The Morgan fingerprint density at radius 1 is 1.19 bits per heavy atom. The van der Waals surface area contributed by atoms with E-state index in [1.165, 1.54) is 37.2 Å². The van der Waals surface area contributed by atoms with Crippen molar-refractivity contribution in [2.45, 2.75) is 45.3 Å². The molecule has 2 fully saturated rings. The van der Waals surface area contributed by atoms with Gasteiger partial charge in [0.25, 0.3) is 0 Å². The van der Waals surface area contributed by atoms with Crippen LogP contribution >= 0.6 is 11.6 Å². The summed E-state index contributed by atoms with van der Waals surface area (Å²) in [5, 5.41) is 4.32. The molecule has 0 atom stereocenters. The predicted octanol–water partition coefficient (Wildman–Crippen LogP) is 3.12. The van der Waals surface area contributed by atoms with Crippen molar-refractivity contribution in [1.82, 2.24) is 10.2 Å². The van der Waals surface area contributed by atoms with E-state index >= 15 is 0 Å². The smallest absolute Gasteiger partial charge is 0.0642 e. The average Bonchev–Trinajstić information content (AvgIpc) is 3.30. The maximum Gasteiger partial charge on any atom is 0.0642 e. The second-order valence-corrected chi connectivity index (χ2v) is 6.98. The summed E-state index contributed by atoms with van der Waals surface area (Å²) in [7, 11) is 0. The van der Waals surface area contributed by atoms with Gasteiger partial charge in [-0.3, -0.25) is 4.90 Å². The molecule has 1 aromatic rings. The fourth-order valence-electron chi connectivity index (χ4n) is 3.01. The highest BCUT2D eigenvalue weighted by molar-refractivity contribution is 6.33. The van der Waals surface area contributed by atoms with E-state index in [1.54, 1.807) is 0 Å². The van der Waals surface area contributed by atoms with Crippen LogP contribution in [0.2, 0.25) is 5.02 Å².